The molecule has 3 rings (SSSR count). The second-order valence-corrected chi connectivity index (χ2v) is 3.04. The summed E-state index contributed by atoms with van der Waals surface area (Å²) < 4.78 is 0. The quantitative estimate of drug-likeness (QED) is 0.571. The third kappa shape index (κ3) is 0.731. The van der Waals surface area contributed by atoms with Crippen molar-refractivity contribution in [2.24, 2.45) is 4.99 Å². The molecule has 0 fully saturated rings. The predicted molar refractivity (Wildman–Crippen MR) is 50.0 cm³/mol. The first-order valence-corrected chi connectivity index (χ1v) is 4.04. The maximum Gasteiger partial charge on any atom is 0.188 e. The lowest BCUT2D eigenvalue weighted by Gasteiger charge is -1.96. The summed E-state index contributed by atoms with van der Waals surface area (Å²) >= 11 is 0. The Labute approximate surface area is 73.8 Å². The Kier molecular flexibility index (Phi) is 1.05. The minimum Gasteiger partial charge on any atom is -0.353 e. The van der Waals surface area contributed by atoms with Gasteiger partial charge in [0.05, 0.1) is 22.5 Å². The molecule has 1 aromatic rings. The zero-order valence-electron chi connectivity index (χ0n) is 6.74. The van der Waals surface area contributed by atoms with Gasteiger partial charge in [-0.25, -0.2) is 0 Å². The van der Waals surface area contributed by atoms with Gasteiger partial charge in [0.25, 0.3) is 0 Å². The lowest BCUT2D eigenvalue weighted by molar-refractivity contribution is 0.104. The standard InChI is InChI=1S/C10H6N2O/c13-9-3-1-2-7-10(9)6-4-11-5-8(6)12-7/h1-5,12H. The molecule has 0 unspecified atom stereocenters. The highest BCUT2D eigenvalue weighted by Crippen LogP contribution is 2.05. The minimum absolute atomic E-state index is 0.0525. The summed E-state index contributed by atoms with van der Waals surface area (Å²) in [4.78, 5) is 18.6. The van der Waals surface area contributed by atoms with Crippen LogP contribution < -0.4 is 10.7 Å². The van der Waals surface area contributed by atoms with Gasteiger partial charge in [-0.15, -0.1) is 0 Å². The molecule has 62 valence electrons. The molecule has 0 aromatic carbocycles. The first kappa shape index (κ1) is 6.60. The van der Waals surface area contributed by atoms with Crippen molar-refractivity contribution in [2.75, 3.05) is 0 Å². The van der Waals surface area contributed by atoms with Crippen molar-refractivity contribution in [3.05, 3.63) is 34.0 Å². The highest BCUT2D eigenvalue weighted by Gasteiger charge is 2.16. The van der Waals surface area contributed by atoms with Gasteiger partial charge in [-0.2, -0.15) is 0 Å². The highest BCUT2D eigenvalue weighted by molar-refractivity contribution is 6.12. The van der Waals surface area contributed by atoms with Crippen molar-refractivity contribution >= 4 is 24.3 Å². The number of allylic oxidation sites excluding steroid dienone is 2. The number of fused-ring (bicyclic) bond motifs is 3. The molecule has 0 amide bonds. The molecule has 2 aliphatic rings. The summed E-state index contributed by atoms with van der Waals surface area (Å²) in [6.45, 7) is 0. The first-order valence-electron chi connectivity index (χ1n) is 4.04. The molecule has 3 nitrogen and oxygen atoms in total. The number of carbonyl (C=O) groups excluding carboxylic acids is 1. The summed E-state index contributed by atoms with van der Waals surface area (Å²) in [5.41, 5.74) is 1.66. The van der Waals surface area contributed by atoms with Gasteiger partial charge in [-0.3, -0.25) is 9.79 Å². The van der Waals surface area contributed by atoms with Gasteiger partial charge in [-0.1, -0.05) is 6.08 Å². The second-order valence-electron chi connectivity index (χ2n) is 3.04. The van der Waals surface area contributed by atoms with Crippen LogP contribution in [0.4, 0.5) is 0 Å². The van der Waals surface area contributed by atoms with E-state index in [9.17, 15) is 4.79 Å². The molecule has 0 saturated carbocycles. The number of nitrogens with one attached hydrogen (secondary N) is 1. The zero-order chi connectivity index (χ0) is 8.84. The molecule has 0 radical (unpaired) electrons. The Morgan fingerprint density at radius 3 is 3.15 bits per heavy atom. The second kappa shape index (κ2) is 2.07. The van der Waals surface area contributed by atoms with Crippen molar-refractivity contribution in [3.8, 4) is 0 Å². The number of rotatable bonds is 0. The Morgan fingerprint density at radius 2 is 2.23 bits per heavy atom. The van der Waals surface area contributed by atoms with Gasteiger partial charge < -0.3 is 4.98 Å². The van der Waals surface area contributed by atoms with E-state index in [2.05, 4.69) is 9.98 Å². The zero-order valence-corrected chi connectivity index (χ0v) is 6.74. The van der Waals surface area contributed by atoms with Crippen LogP contribution >= 0.6 is 0 Å². The number of ketones is 1. The van der Waals surface area contributed by atoms with Crippen molar-refractivity contribution < 1.29 is 4.79 Å². The van der Waals surface area contributed by atoms with E-state index in [1.807, 2.05) is 6.08 Å². The molecular weight excluding hydrogens is 164 g/mol. The van der Waals surface area contributed by atoms with E-state index in [1.165, 1.54) is 0 Å². The van der Waals surface area contributed by atoms with Crippen molar-refractivity contribution in [1.82, 2.24) is 4.98 Å². The van der Waals surface area contributed by atoms with Crippen LogP contribution in [0.3, 0.4) is 0 Å². The molecule has 1 aliphatic carbocycles. The Morgan fingerprint density at radius 1 is 1.31 bits per heavy atom. The summed E-state index contributed by atoms with van der Waals surface area (Å²) in [6, 6.07) is 0. The lowest BCUT2D eigenvalue weighted by atomic mass is 10.1. The lowest BCUT2D eigenvalue weighted by Crippen LogP contribution is -2.16. The maximum atomic E-state index is 11.5. The molecule has 13 heavy (non-hydrogen) atoms. The SMILES string of the molecule is O=C1C=CC=c2[nH]c3c(c21)C=NC=3. The molecule has 3 heteroatoms. The molecule has 1 aliphatic heterocycles. The maximum absolute atomic E-state index is 11.5. The molecule has 2 heterocycles. The highest BCUT2D eigenvalue weighted by atomic mass is 16.1. The number of hydrogen-bond acceptors (Lipinski definition) is 2. The predicted octanol–water partition coefficient (Wildman–Crippen LogP) is -0.282. The number of nitrogens with zero attached hydrogens (tertiary/aromatic N) is 1. The third-order valence-corrected chi connectivity index (χ3v) is 2.26. The van der Waals surface area contributed by atoms with Crippen LogP contribution in [0.25, 0.3) is 12.3 Å². The van der Waals surface area contributed by atoms with E-state index in [-0.39, 0.29) is 5.78 Å². The van der Waals surface area contributed by atoms with Crippen LogP contribution in [0.5, 0.6) is 0 Å². The third-order valence-electron chi connectivity index (χ3n) is 2.26. The summed E-state index contributed by atoms with van der Waals surface area (Å²) in [6.07, 6.45) is 8.68. The van der Waals surface area contributed by atoms with E-state index in [4.69, 9.17) is 0 Å². The molecule has 0 spiro atoms. The average Bonchev–Trinajstić information content (AvgIpc) is 2.62. The fourth-order valence-electron chi connectivity index (χ4n) is 1.68. The summed E-state index contributed by atoms with van der Waals surface area (Å²) in [5, 5.41) is 1.82. The Balaban J connectivity index is 2.52. The van der Waals surface area contributed by atoms with Crippen LogP contribution in [-0.4, -0.2) is 17.0 Å². The van der Waals surface area contributed by atoms with Gasteiger partial charge in [0.2, 0.25) is 0 Å². The molecule has 0 saturated heterocycles. The molecule has 1 N–H and O–H groups in total. The number of aliphatic imine (C=N–C) groups is 1. The fraction of sp³-hybridized carbons (Fsp3) is 0. The Hall–Kier alpha value is -1.90. The van der Waals surface area contributed by atoms with Crippen LogP contribution in [0.2, 0.25) is 0 Å². The number of carbonyl (C=O) groups is 1. The van der Waals surface area contributed by atoms with Crippen molar-refractivity contribution in [3.63, 3.8) is 0 Å². The molecule has 0 bridgehead atoms. The summed E-state index contributed by atoms with van der Waals surface area (Å²) in [7, 11) is 0. The van der Waals surface area contributed by atoms with E-state index in [0.717, 1.165) is 21.8 Å². The molecular formula is C10H6N2O. The van der Waals surface area contributed by atoms with Gasteiger partial charge in [0, 0.05) is 11.8 Å². The van der Waals surface area contributed by atoms with Crippen LogP contribution in [0, 0.1) is 0 Å². The van der Waals surface area contributed by atoms with Gasteiger partial charge in [0.1, 0.15) is 0 Å². The monoisotopic (exact) mass is 170 g/mol. The topological polar surface area (TPSA) is 45.2 Å². The first-order chi connectivity index (χ1) is 6.36. The fourth-order valence-corrected chi connectivity index (χ4v) is 1.68. The van der Waals surface area contributed by atoms with Crippen molar-refractivity contribution in [2.45, 2.75) is 0 Å². The normalized spacial score (nSPS) is 16.5. The van der Waals surface area contributed by atoms with Gasteiger partial charge >= 0.3 is 0 Å². The summed E-state index contributed by atoms with van der Waals surface area (Å²) in [5.74, 6) is 0.0525. The van der Waals surface area contributed by atoms with Gasteiger partial charge in [0.15, 0.2) is 5.78 Å². The Bertz CT molecular complexity index is 573. The number of aromatic nitrogens is 1. The van der Waals surface area contributed by atoms with E-state index in [1.54, 1.807) is 24.6 Å². The van der Waals surface area contributed by atoms with E-state index < -0.39 is 0 Å². The van der Waals surface area contributed by atoms with E-state index >= 15 is 0 Å². The number of H-pyrrole nitrogens is 1. The van der Waals surface area contributed by atoms with Crippen molar-refractivity contribution in [1.29, 1.82) is 0 Å². The van der Waals surface area contributed by atoms with Crippen LogP contribution in [0.1, 0.15) is 15.9 Å². The number of aromatic amines is 1. The molecule has 1 aromatic heterocycles. The molecule has 0 atom stereocenters. The van der Waals surface area contributed by atoms with Crippen LogP contribution in [-0.2, 0) is 0 Å². The number of hydrogen-bond donors (Lipinski definition) is 1. The largest absolute Gasteiger partial charge is 0.353 e. The van der Waals surface area contributed by atoms with E-state index in [0.29, 0.717) is 0 Å². The average molecular weight is 170 g/mol. The van der Waals surface area contributed by atoms with Crippen LogP contribution in [0.15, 0.2) is 17.1 Å². The minimum atomic E-state index is 0.0525. The van der Waals surface area contributed by atoms with Gasteiger partial charge in [-0.05, 0) is 12.2 Å². The smallest absolute Gasteiger partial charge is 0.188 e.